The van der Waals surface area contributed by atoms with Crippen molar-refractivity contribution in [3.05, 3.63) is 15.6 Å². The van der Waals surface area contributed by atoms with Gasteiger partial charge in [-0.2, -0.15) is 0 Å². The highest BCUT2D eigenvalue weighted by molar-refractivity contribution is 7.13. The van der Waals surface area contributed by atoms with E-state index in [9.17, 15) is 4.79 Å². The Hall–Kier alpha value is -0.940. The molecule has 0 saturated heterocycles. The van der Waals surface area contributed by atoms with Crippen LogP contribution in [0.4, 0.5) is 0 Å². The van der Waals surface area contributed by atoms with Gasteiger partial charge in [0.1, 0.15) is 4.88 Å². The van der Waals surface area contributed by atoms with Gasteiger partial charge in [0.05, 0.1) is 17.8 Å². The maximum Gasteiger partial charge on any atom is 0.286 e. The van der Waals surface area contributed by atoms with Gasteiger partial charge >= 0.3 is 0 Å². The number of hydrogen-bond donors (Lipinski definition) is 1. The summed E-state index contributed by atoms with van der Waals surface area (Å²) in [6, 6.07) is 0. The van der Waals surface area contributed by atoms with Gasteiger partial charge in [0, 0.05) is 0 Å². The van der Waals surface area contributed by atoms with Crippen molar-refractivity contribution in [1.29, 1.82) is 0 Å². The van der Waals surface area contributed by atoms with Crippen LogP contribution in [0.3, 0.4) is 0 Å². The van der Waals surface area contributed by atoms with Crippen LogP contribution in [0.5, 0.6) is 0 Å². The van der Waals surface area contributed by atoms with Crippen molar-refractivity contribution in [2.45, 2.75) is 20.3 Å². The molecule has 1 N–H and O–H groups in total. The van der Waals surface area contributed by atoms with E-state index < -0.39 is 0 Å². The minimum Gasteiger partial charge on any atom is -0.277 e. The molecule has 0 bridgehead atoms. The molecule has 1 heterocycles. The maximum atomic E-state index is 11.3. The molecule has 0 atom stereocenters. The number of hydroxylamine groups is 1. The second kappa shape index (κ2) is 4.34. The first-order valence-electron chi connectivity index (χ1n) is 3.98. The van der Waals surface area contributed by atoms with Crippen molar-refractivity contribution in [2.24, 2.45) is 0 Å². The molecular formula is C8H12N2O2S. The lowest BCUT2D eigenvalue weighted by Gasteiger charge is -1.97. The Bertz CT molecular complexity index is 309. The zero-order valence-corrected chi connectivity index (χ0v) is 8.70. The van der Waals surface area contributed by atoms with Crippen LogP contribution in [-0.2, 0) is 11.3 Å². The van der Waals surface area contributed by atoms with E-state index in [4.69, 9.17) is 0 Å². The van der Waals surface area contributed by atoms with Crippen molar-refractivity contribution in [1.82, 2.24) is 10.5 Å². The molecule has 0 spiro atoms. The van der Waals surface area contributed by atoms with Gasteiger partial charge in [-0.15, -0.1) is 11.3 Å². The van der Waals surface area contributed by atoms with E-state index >= 15 is 0 Å². The van der Waals surface area contributed by atoms with Crippen molar-refractivity contribution in [2.75, 3.05) is 7.11 Å². The van der Waals surface area contributed by atoms with Crippen LogP contribution in [-0.4, -0.2) is 18.0 Å². The van der Waals surface area contributed by atoms with Crippen molar-refractivity contribution < 1.29 is 9.63 Å². The van der Waals surface area contributed by atoms with Gasteiger partial charge in [-0.05, 0) is 13.3 Å². The summed E-state index contributed by atoms with van der Waals surface area (Å²) in [6.07, 6.45) is 0.853. The Labute approximate surface area is 80.9 Å². The van der Waals surface area contributed by atoms with Crippen LogP contribution < -0.4 is 5.48 Å². The first-order valence-corrected chi connectivity index (χ1v) is 4.80. The Morgan fingerprint density at radius 2 is 2.38 bits per heavy atom. The molecule has 0 aliphatic carbocycles. The number of nitrogens with zero attached hydrogens (tertiary/aromatic N) is 1. The number of nitrogens with one attached hydrogen (secondary N) is 1. The lowest BCUT2D eigenvalue weighted by Crippen LogP contribution is -2.21. The van der Waals surface area contributed by atoms with Gasteiger partial charge in [0.2, 0.25) is 0 Å². The maximum absolute atomic E-state index is 11.3. The Balaban J connectivity index is 2.87. The van der Waals surface area contributed by atoms with Gasteiger partial charge < -0.3 is 0 Å². The second-order valence-electron chi connectivity index (χ2n) is 2.51. The Kier molecular flexibility index (Phi) is 3.39. The summed E-state index contributed by atoms with van der Waals surface area (Å²) >= 11 is 1.40. The number of carbonyl (C=O) groups excluding carboxylic acids is 1. The fourth-order valence-corrected chi connectivity index (χ4v) is 1.84. The molecule has 13 heavy (non-hydrogen) atoms. The lowest BCUT2D eigenvalue weighted by atomic mass is 10.4. The molecule has 0 aromatic carbocycles. The fourth-order valence-electron chi connectivity index (χ4n) is 0.953. The summed E-state index contributed by atoms with van der Waals surface area (Å²) in [5.74, 6) is -0.225. The number of hydrogen-bond acceptors (Lipinski definition) is 4. The molecule has 1 aromatic heterocycles. The molecular weight excluding hydrogens is 188 g/mol. The van der Waals surface area contributed by atoms with Crippen LogP contribution in [0.15, 0.2) is 0 Å². The van der Waals surface area contributed by atoms with E-state index in [1.807, 2.05) is 13.8 Å². The number of amides is 1. The number of aryl methyl sites for hydroxylation is 2. The van der Waals surface area contributed by atoms with Crippen LogP contribution in [0.2, 0.25) is 0 Å². The van der Waals surface area contributed by atoms with Gasteiger partial charge in [0.25, 0.3) is 5.91 Å². The summed E-state index contributed by atoms with van der Waals surface area (Å²) in [5, 5.41) is 0.971. The van der Waals surface area contributed by atoms with Crippen molar-refractivity contribution in [3.8, 4) is 0 Å². The van der Waals surface area contributed by atoms with Crippen LogP contribution in [0.1, 0.15) is 27.3 Å². The second-order valence-corrected chi connectivity index (χ2v) is 3.59. The van der Waals surface area contributed by atoms with E-state index in [1.54, 1.807) is 0 Å². The first-order chi connectivity index (χ1) is 6.19. The molecule has 72 valence electrons. The SMILES string of the molecule is CCc1nc(C)c(C(=O)NOC)s1. The molecule has 0 unspecified atom stereocenters. The zero-order valence-electron chi connectivity index (χ0n) is 7.88. The largest absolute Gasteiger partial charge is 0.286 e. The standard InChI is InChI=1S/C8H12N2O2S/c1-4-6-9-5(2)7(13-6)8(11)10-12-3/h4H2,1-3H3,(H,10,11). The van der Waals surface area contributed by atoms with E-state index in [0.717, 1.165) is 17.1 Å². The molecule has 0 fully saturated rings. The molecule has 1 amide bonds. The molecule has 4 nitrogen and oxygen atoms in total. The van der Waals surface area contributed by atoms with Gasteiger partial charge in [0.15, 0.2) is 0 Å². The molecule has 0 aliphatic heterocycles. The predicted molar refractivity (Wildman–Crippen MR) is 50.7 cm³/mol. The lowest BCUT2D eigenvalue weighted by molar-refractivity contribution is 0.0541. The normalized spacial score (nSPS) is 10.1. The van der Waals surface area contributed by atoms with Gasteiger partial charge in [-0.25, -0.2) is 10.5 Å². The summed E-state index contributed by atoms with van der Waals surface area (Å²) in [6.45, 7) is 3.83. The number of carbonyl (C=O) groups is 1. The molecule has 0 radical (unpaired) electrons. The van der Waals surface area contributed by atoms with Crippen LogP contribution in [0, 0.1) is 6.92 Å². The minimum absolute atomic E-state index is 0.225. The third-order valence-corrected chi connectivity index (χ3v) is 2.84. The minimum atomic E-state index is -0.225. The monoisotopic (exact) mass is 200 g/mol. The van der Waals surface area contributed by atoms with Crippen molar-refractivity contribution >= 4 is 17.2 Å². The van der Waals surface area contributed by atoms with Crippen molar-refractivity contribution in [3.63, 3.8) is 0 Å². The predicted octanol–water partition coefficient (Wildman–Crippen LogP) is 1.31. The summed E-state index contributed by atoms with van der Waals surface area (Å²) in [7, 11) is 1.41. The molecule has 0 saturated carbocycles. The van der Waals surface area contributed by atoms with E-state index in [-0.39, 0.29) is 5.91 Å². The highest BCUT2D eigenvalue weighted by Gasteiger charge is 2.13. The summed E-state index contributed by atoms with van der Waals surface area (Å²) < 4.78 is 0. The van der Waals surface area contributed by atoms with Gasteiger partial charge in [-0.1, -0.05) is 6.92 Å². The number of rotatable bonds is 3. The average molecular weight is 200 g/mol. The summed E-state index contributed by atoms with van der Waals surface area (Å²) in [4.78, 5) is 20.7. The molecule has 1 aromatic rings. The topological polar surface area (TPSA) is 51.2 Å². The average Bonchev–Trinajstić information content (AvgIpc) is 2.47. The number of thiazole rings is 1. The quantitative estimate of drug-likeness (QED) is 0.748. The Morgan fingerprint density at radius 3 is 2.85 bits per heavy atom. The van der Waals surface area contributed by atoms with Crippen LogP contribution >= 0.6 is 11.3 Å². The third-order valence-electron chi connectivity index (χ3n) is 1.54. The van der Waals surface area contributed by atoms with E-state index in [0.29, 0.717) is 4.88 Å². The third kappa shape index (κ3) is 2.26. The van der Waals surface area contributed by atoms with E-state index in [2.05, 4.69) is 15.3 Å². The highest BCUT2D eigenvalue weighted by Crippen LogP contribution is 2.17. The number of aromatic nitrogens is 1. The zero-order chi connectivity index (χ0) is 9.84. The fraction of sp³-hybridized carbons (Fsp3) is 0.500. The van der Waals surface area contributed by atoms with E-state index in [1.165, 1.54) is 18.4 Å². The Morgan fingerprint density at radius 1 is 1.69 bits per heavy atom. The highest BCUT2D eigenvalue weighted by atomic mass is 32.1. The molecule has 5 heteroatoms. The molecule has 1 rings (SSSR count). The summed E-state index contributed by atoms with van der Waals surface area (Å²) in [5.41, 5.74) is 3.03. The first kappa shape index (κ1) is 10.1. The molecule has 0 aliphatic rings. The smallest absolute Gasteiger partial charge is 0.277 e. The van der Waals surface area contributed by atoms with Gasteiger partial charge in [-0.3, -0.25) is 9.63 Å². The van der Waals surface area contributed by atoms with Crippen LogP contribution in [0.25, 0.3) is 0 Å².